The molecular weight excluding hydrogens is 514 g/mol. The second-order valence-corrected chi connectivity index (χ2v) is 11.2. The van der Waals surface area contributed by atoms with E-state index in [1.54, 1.807) is 0 Å². The van der Waals surface area contributed by atoms with Crippen LogP contribution in [-0.4, -0.2) is 178 Å². The van der Waals surface area contributed by atoms with E-state index in [0.717, 1.165) is 137 Å². The lowest BCUT2D eigenvalue weighted by Gasteiger charge is -2.28. The van der Waals surface area contributed by atoms with Crippen LogP contribution in [0.3, 0.4) is 0 Å². The Morgan fingerprint density at radius 3 is 1.46 bits per heavy atom. The highest BCUT2D eigenvalue weighted by molar-refractivity contribution is 4.68. The van der Waals surface area contributed by atoms with Gasteiger partial charge in [0.05, 0.1) is 0 Å². The van der Waals surface area contributed by atoms with E-state index in [0.29, 0.717) is 0 Å². The maximum Gasteiger partial charge on any atom is 0.0110 e. The zero-order valence-electron chi connectivity index (χ0n) is 27.8. The predicted molar refractivity (Wildman–Crippen MR) is 180 cm³/mol. The third kappa shape index (κ3) is 29.4. The highest BCUT2D eigenvalue weighted by Gasteiger charge is 2.10. The van der Waals surface area contributed by atoms with Gasteiger partial charge in [0, 0.05) is 105 Å². The fraction of sp³-hybridized carbons (Fsp3) is 1.00. The van der Waals surface area contributed by atoms with Gasteiger partial charge in [-0.1, -0.05) is 20.3 Å². The molecule has 248 valence electrons. The minimum absolute atomic E-state index is 0.721. The molecule has 0 heterocycles. The second kappa shape index (κ2) is 32.5. The molecule has 0 radical (unpaired) electrons. The SMILES string of the molecule is CCNCCNCCCN(CCNCCN(C)CCN)CCN(CCN)CCCCCN(C)CCNCCNCC. The first kappa shape index (κ1) is 40.6. The topological polar surface area (TPSA) is 125 Å². The molecule has 0 bridgehead atoms. The zero-order valence-corrected chi connectivity index (χ0v) is 27.8. The molecule has 0 spiro atoms. The molecule has 0 aromatic carbocycles. The van der Waals surface area contributed by atoms with E-state index in [4.69, 9.17) is 11.5 Å². The van der Waals surface area contributed by atoms with Crippen molar-refractivity contribution in [2.75, 3.05) is 158 Å². The number of unbranched alkanes of at least 4 members (excludes halogenated alkanes) is 2. The van der Waals surface area contributed by atoms with Gasteiger partial charge in [0.2, 0.25) is 0 Å². The molecule has 0 saturated heterocycles. The van der Waals surface area contributed by atoms with Crippen LogP contribution in [0.2, 0.25) is 0 Å². The van der Waals surface area contributed by atoms with Crippen LogP contribution in [0.5, 0.6) is 0 Å². The van der Waals surface area contributed by atoms with Crippen molar-refractivity contribution in [1.29, 1.82) is 0 Å². The molecule has 0 aliphatic heterocycles. The molecule has 41 heavy (non-hydrogen) atoms. The van der Waals surface area contributed by atoms with Crippen molar-refractivity contribution in [3.8, 4) is 0 Å². The van der Waals surface area contributed by atoms with Crippen LogP contribution in [-0.2, 0) is 0 Å². The Labute approximate surface area is 255 Å². The summed E-state index contributed by atoms with van der Waals surface area (Å²) in [5.41, 5.74) is 11.7. The molecular formula is C30H73N11. The minimum Gasteiger partial charge on any atom is -0.329 e. The van der Waals surface area contributed by atoms with Crippen LogP contribution in [0.25, 0.3) is 0 Å². The van der Waals surface area contributed by atoms with Gasteiger partial charge in [-0.2, -0.15) is 0 Å². The number of hydrogen-bond donors (Lipinski definition) is 7. The van der Waals surface area contributed by atoms with Gasteiger partial charge in [-0.25, -0.2) is 0 Å². The summed E-state index contributed by atoms with van der Waals surface area (Å²) in [5.74, 6) is 0. The smallest absolute Gasteiger partial charge is 0.0110 e. The molecule has 0 rings (SSSR count). The monoisotopic (exact) mass is 588 g/mol. The van der Waals surface area contributed by atoms with E-state index < -0.39 is 0 Å². The van der Waals surface area contributed by atoms with Gasteiger partial charge in [-0.05, 0) is 72.6 Å². The van der Waals surface area contributed by atoms with Crippen molar-refractivity contribution in [2.24, 2.45) is 11.5 Å². The van der Waals surface area contributed by atoms with E-state index in [1.165, 1.54) is 32.2 Å². The van der Waals surface area contributed by atoms with Crippen LogP contribution in [0.4, 0.5) is 0 Å². The highest BCUT2D eigenvalue weighted by Crippen LogP contribution is 2.02. The average Bonchev–Trinajstić information content (AvgIpc) is 2.96. The first-order valence-corrected chi connectivity index (χ1v) is 16.8. The Kier molecular flexibility index (Phi) is 32.1. The summed E-state index contributed by atoms with van der Waals surface area (Å²) in [4.78, 5) is 9.95. The molecule has 0 atom stereocenters. The van der Waals surface area contributed by atoms with Gasteiger partial charge in [0.15, 0.2) is 0 Å². The Morgan fingerprint density at radius 2 is 0.854 bits per heavy atom. The fourth-order valence-corrected chi connectivity index (χ4v) is 4.76. The van der Waals surface area contributed by atoms with E-state index in [9.17, 15) is 0 Å². The van der Waals surface area contributed by atoms with E-state index in [1.807, 2.05) is 0 Å². The van der Waals surface area contributed by atoms with Crippen molar-refractivity contribution >= 4 is 0 Å². The molecule has 0 fully saturated rings. The Bertz CT molecular complexity index is 501. The summed E-state index contributed by atoms with van der Waals surface area (Å²) in [6, 6.07) is 0. The quantitative estimate of drug-likeness (QED) is 0.0465. The normalized spacial score (nSPS) is 12.1. The standard InChI is InChI=1S/C30H73N11/c1-5-33-14-16-35-13-10-23-41(28-20-37-19-27-39(4)24-11-31)30-29-40(25-12-32)22-9-7-8-21-38(3)26-18-36-17-15-34-6-2/h33-37H,5-32H2,1-4H3. The molecule has 0 aromatic heterocycles. The van der Waals surface area contributed by atoms with Gasteiger partial charge in [-0.15, -0.1) is 0 Å². The molecule has 0 aliphatic carbocycles. The first-order chi connectivity index (χ1) is 20.1. The van der Waals surface area contributed by atoms with Crippen LogP contribution in [0, 0.1) is 0 Å². The zero-order chi connectivity index (χ0) is 30.2. The summed E-state index contributed by atoms with van der Waals surface area (Å²) in [7, 11) is 4.38. The van der Waals surface area contributed by atoms with Crippen molar-refractivity contribution in [3.05, 3.63) is 0 Å². The Morgan fingerprint density at radius 1 is 0.390 bits per heavy atom. The third-order valence-corrected chi connectivity index (χ3v) is 7.43. The number of rotatable bonds is 34. The summed E-state index contributed by atoms with van der Waals surface area (Å²) < 4.78 is 0. The van der Waals surface area contributed by atoms with Crippen LogP contribution in [0.1, 0.15) is 39.5 Å². The van der Waals surface area contributed by atoms with Gasteiger partial charge < -0.3 is 57.7 Å². The lowest BCUT2D eigenvalue weighted by atomic mass is 10.2. The summed E-state index contributed by atoms with van der Waals surface area (Å²) in [6.07, 6.45) is 4.98. The highest BCUT2D eigenvalue weighted by atomic mass is 15.2. The molecule has 0 unspecified atom stereocenters. The molecule has 0 amide bonds. The van der Waals surface area contributed by atoms with Crippen molar-refractivity contribution < 1.29 is 0 Å². The van der Waals surface area contributed by atoms with E-state index in [2.05, 4.69) is 74.1 Å². The second-order valence-electron chi connectivity index (χ2n) is 11.2. The summed E-state index contributed by atoms with van der Waals surface area (Å²) in [6.45, 7) is 27.1. The molecule has 0 aromatic rings. The van der Waals surface area contributed by atoms with E-state index >= 15 is 0 Å². The third-order valence-electron chi connectivity index (χ3n) is 7.43. The van der Waals surface area contributed by atoms with Crippen molar-refractivity contribution in [3.63, 3.8) is 0 Å². The minimum atomic E-state index is 0.721. The van der Waals surface area contributed by atoms with Gasteiger partial charge in [0.25, 0.3) is 0 Å². The maximum absolute atomic E-state index is 5.99. The van der Waals surface area contributed by atoms with Crippen molar-refractivity contribution in [2.45, 2.75) is 39.5 Å². The molecule has 0 aliphatic rings. The number of hydrogen-bond acceptors (Lipinski definition) is 11. The molecule has 11 heteroatoms. The van der Waals surface area contributed by atoms with Gasteiger partial charge >= 0.3 is 0 Å². The number of nitrogens with two attached hydrogens (primary N) is 2. The largest absolute Gasteiger partial charge is 0.329 e. The Balaban J connectivity index is 4.30. The average molecular weight is 588 g/mol. The van der Waals surface area contributed by atoms with Crippen LogP contribution < -0.4 is 38.1 Å². The van der Waals surface area contributed by atoms with Gasteiger partial charge in [-0.3, -0.25) is 0 Å². The molecule has 11 nitrogen and oxygen atoms in total. The first-order valence-electron chi connectivity index (χ1n) is 16.8. The summed E-state index contributed by atoms with van der Waals surface area (Å²) >= 11 is 0. The number of nitrogens with zero attached hydrogens (tertiary/aromatic N) is 4. The van der Waals surface area contributed by atoms with E-state index in [-0.39, 0.29) is 0 Å². The summed E-state index contributed by atoms with van der Waals surface area (Å²) in [5, 5.41) is 17.5. The molecule has 9 N–H and O–H groups in total. The van der Waals surface area contributed by atoms with Crippen LogP contribution >= 0.6 is 0 Å². The predicted octanol–water partition coefficient (Wildman–Crippen LogP) is -1.08. The molecule has 0 saturated carbocycles. The lowest BCUT2D eigenvalue weighted by molar-refractivity contribution is 0.200. The maximum atomic E-state index is 5.99. The van der Waals surface area contributed by atoms with Crippen LogP contribution in [0.15, 0.2) is 0 Å². The van der Waals surface area contributed by atoms with Gasteiger partial charge in [0.1, 0.15) is 0 Å². The fourth-order valence-electron chi connectivity index (χ4n) is 4.76. The Hall–Kier alpha value is -0.440. The lowest BCUT2D eigenvalue weighted by Crippen LogP contribution is -2.42. The van der Waals surface area contributed by atoms with Crippen molar-refractivity contribution in [1.82, 2.24) is 46.2 Å². The number of nitrogens with one attached hydrogen (secondary N) is 5. The number of likely N-dealkylation sites (N-methyl/N-ethyl adjacent to an activating group) is 4.